The number of pyridine rings is 2. The van der Waals surface area contributed by atoms with Crippen molar-refractivity contribution in [2.24, 2.45) is 0 Å². The van der Waals surface area contributed by atoms with E-state index >= 15 is 0 Å². The normalized spacial score (nSPS) is 11.2. The van der Waals surface area contributed by atoms with Gasteiger partial charge in [0.15, 0.2) is 0 Å². The number of rotatable bonds is 9. The van der Waals surface area contributed by atoms with Gasteiger partial charge in [-0.05, 0) is 146 Å². The van der Waals surface area contributed by atoms with Crippen LogP contribution >= 0.6 is 31.9 Å². The van der Waals surface area contributed by atoms with Crippen LogP contribution in [-0.4, -0.2) is 25.0 Å². The first-order valence-corrected chi connectivity index (χ1v) is 22.9. The molecule has 65 heavy (non-hydrogen) atoms. The van der Waals surface area contributed by atoms with E-state index in [1.807, 2.05) is 73.1 Å². The Hall–Kier alpha value is -7.58. The predicted octanol–water partition coefficient (Wildman–Crippen LogP) is 16.1. The van der Waals surface area contributed by atoms with Crippen LogP contribution in [0.25, 0.3) is 106 Å². The number of nitrogens with zero attached hydrogens (tertiary/aromatic N) is 5. The highest BCUT2D eigenvalue weighted by Gasteiger charge is 2.18. The van der Waals surface area contributed by atoms with E-state index < -0.39 is 0 Å². The van der Waals surface area contributed by atoms with Gasteiger partial charge in [0.1, 0.15) is 11.0 Å². The van der Waals surface area contributed by atoms with E-state index in [9.17, 15) is 0 Å². The Morgan fingerprint density at radius 2 is 0.662 bits per heavy atom. The van der Waals surface area contributed by atoms with E-state index in [0.29, 0.717) is 0 Å². The van der Waals surface area contributed by atoms with Crippen LogP contribution in [0.1, 0.15) is 0 Å². The quantitative estimate of drug-likeness (QED) is 0.145. The van der Waals surface area contributed by atoms with E-state index in [-0.39, 0.29) is 0 Å². The lowest BCUT2D eigenvalue weighted by Crippen LogP contribution is -1.98. The third kappa shape index (κ3) is 8.01. The summed E-state index contributed by atoms with van der Waals surface area (Å²) in [5.74, 6) is 0. The lowest BCUT2D eigenvalue weighted by molar-refractivity contribution is 0.766. The van der Waals surface area contributed by atoms with Gasteiger partial charge in [0.05, 0.1) is 17.1 Å². The number of fused-ring (bicyclic) bond motifs is 1. The number of aromatic nitrogens is 5. The fourth-order valence-electron chi connectivity index (χ4n) is 8.62. The Balaban J connectivity index is 1.06. The molecule has 0 saturated heterocycles. The zero-order chi connectivity index (χ0) is 43.7. The van der Waals surface area contributed by atoms with Gasteiger partial charge in [0, 0.05) is 32.5 Å². The minimum atomic E-state index is 0.864. The van der Waals surface area contributed by atoms with Gasteiger partial charge in [-0.25, -0.2) is 0 Å². The van der Waals surface area contributed by atoms with E-state index in [0.717, 1.165) is 115 Å². The van der Waals surface area contributed by atoms with Crippen molar-refractivity contribution in [3.8, 4) is 95.0 Å². The molecule has 7 heteroatoms. The van der Waals surface area contributed by atoms with E-state index in [4.69, 9.17) is 10.2 Å². The minimum absolute atomic E-state index is 0.864. The van der Waals surface area contributed by atoms with Crippen LogP contribution in [0, 0.1) is 0 Å². The lowest BCUT2D eigenvalue weighted by Gasteiger charge is -2.19. The molecule has 0 aliphatic carbocycles. The smallest absolute Gasteiger partial charge is 0.113 e. The third-order valence-electron chi connectivity index (χ3n) is 11.8. The molecule has 0 aliphatic rings. The second-order valence-corrected chi connectivity index (χ2v) is 17.5. The molecule has 11 aromatic rings. The monoisotopic (exact) mass is 961 g/mol. The molecule has 0 atom stereocenters. The molecule has 0 N–H and O–H groups in total. The van der Waals surface area contributed by atoms with Gasteiger partial charge in [-0.3, -0.25) is 9.97 Å². The Bertz CT molecular complexity index is 3330. The minimum Gasteiger partial charge on any atom is -0.256 e. The van der Waals surface area contributed by atoms with Crippen LogP contribution in [0.4, 0.5) is 0 Å². The molecule has 0 aliphatic heterocycles. The Morgan fingerprint density at radius 3 is 1.08 bits per heavy atom. The summed E-state index contributed by atoms with van der Waals surface area (Å²) in [6.45, 7) is 0. The maximum absolute atomic E-state index is 4.73. The van der Waals surface area contributed by atoms with Crippen LogP contribution < -0.4 is 0 Å². The highest BCUT2D eigenvalue weighted by molar-refractivity contribution is 9.11. The molecule has 0 fully saturated rings. The second kappa shape index (κ2) is 17.5. The summed E-state index contributed by atoms with van der Waals surface area (Å²) in [5.41, 5.74) is 20.0. The van der Waals surface area contributed by atoms with Crippen LogP contribution in [0.5, 0.6) is 0 Å². The van der Waals surface area contributed by atoms with E-state index in [2.05, 4.69) is 193 Å². The Labute approximate surface area is 394 Å². The molecular formula is C58H37Br2N5. The molecular weight excluding hydrogens is 926 g/mol. The maximum atomic E-state index is 4.73. The summed E-state index contributed by atoms with van der Waals surface area (Å²) < 4.78 is 2.00. The summed E-state index contributed by atoms with van der Waals surface area (Å²) in [7, 11) is 0. The van der Waals surface area contributed by atoms with Crippen molar-refractivity contribution in [3.63, 3.8) is 0 Å². The van der Waals surface area contributed by atoms with Crippen molar-refractivity contribution in [1.29, 1.82) is 0 Å². The number of hydrogen-bond acceptors (Lipinski definition) is 4. The molecule has 0 spiro atoms. The Morgan fingerprint density at radius 1 is 0.292 bits per heavy atom. The van der Waals surface area contributed by atoms with Crippen LogP contribution in [0.15, 0.2) is 234 Å². The zero-order valence-electron chi connectivity index (χ0n) is 34.9. The van der Waals surface area contributed by atoms with Gasteiger partial charge in [-0.15, -0.1) is 10.2 Å². The average molecular weight is 964 g/mol. The van der Waals surface area contributed by atoms with Gasteiger partial charge in [0.2, 0.25) is 0 Å². The molecule has 11 rings (SSSR count). The van der Waals surface area contributed by atoms with Crippen LogP contribution in [0.3, 0.4) is 0 Å². The molecule has 3 aromatic heterocycles. The molecule has 3 heterocycles. The molecule has 0 saturated carbocycles. The van der Waals surface area contributed by atoms with Gasteiger partial charge >= 0.3 is 0 Å². The van der Waals surface area contributed by atoms with Gasteiger partial charge in [0.25, 0.3) is 0 Å². The highest BCUT2D eigenvalue weighted by Crippen LogP contribution is 2.44. The second-order valence-electron chi connectivity index (χ2n) is 15.8. The van der Waals surface area contributed by atoms with E-state index in [1.165, 1.54) is 0 Å². The summed E-state index contributed by atoms with van der Waals surface area (Å²) in [6, 6.07) is 74.5. The largest absolute Gasteiger partial charge is 0.256 e. The lowest BCUT2D eigenvalue weighted by atomic mass is 9.86. The molecule has 0 radical (unpaired) electrons. The average Bonchev–Trinajstić information content (AvgIpc) is 3.82. The molecule has 0 bridgehead atoms. The first kappa shape index (κ1) is 40.2. The molecule has 0 amide bonds. The maximum Gasteiger partial charge on any atom is 0.113 e. The van der Waals surface area contributed by atoms with Crippen molar-refractivity contribution in [3.05, 3.63) is 234 Å². The summed E-state index contributed by atoms with van der Waals surface area (Å²) in [6.07, 6.45) is 3.66. The van der Waals surface area contributed by atoms with Crippen LogP contribution in [-0.2, 0) is 0 Å². The SMILES string of the molecule is Brc1cc(-c2ccccn2)ccc1-c1ccccc1-c1cc(-c2ccccc2-c2ccc(-n3nc4ccccc4n3)cc2)cc(-c2ccccc2-c2ccc(-c3ccccn3)cc2Br)c1. The molecule has 308 valence electrons. The first-order valence-electron chi connectivity index (χ1n) is 21.3. The molecule has 0 unspecified atom stereocenters. The zero-order valence-corrected chi connectivity index (χ0v) is 38.0. The summed E-state index contributed by atoms with van der Waals surface area (Å²) in [5, 5.41) is 9.45. The van der Waals surface area contributed by atoms with Crippen molar-refractivity contribution < 1.29 is 0 Å². The van der Waals surface area contributed by atoms with Crippen molar-refractivity contribution in [1.82, 2.24) is 25.0 Å². The molecule has 5 nitrogen and oxygen atoms in total. The fraction of sp³-hybridized carbons (Fsp3) is 0. The highest BCUT2D eigenvalue weighted by atomic mass is 79.9. The summed E-state index contributed by atoms with van der Waals surface area (Å²) >= 11 is 7.94. The predicted molar refractivity (Wildman–Crippen MR) is 273 cm³/mol. The molecule has 8 aromatic carbocycles. The number of hydrogen-bond donors (Lipinski definition) is 0. The van der Waals surface area contributed by atoms with Crippen molar-refractivity contribution in [2.45, 2.75) is 0 Å². The van der Waals surface area contributed by atoms with Gasteiger partial charge < -0.3 is 0 Å². The van der Waals surface area contributed by atoms with Crippen LogP contribution in [0.2, 0.25) is 0 Å². The summed E-state index contributed by atoms with van der Waals surface area (Å²) in [4.78, 5) is 10.9. The number of benzene rings is 8. The standard InChI is InChI=1S/C58H37Br2N5/c59-53-36-39(55-19-9-11-31-61-55)25-29-51(53)49-17-5-3-15-47(49)42-33-41(46-14-2-1-13-45(46)38-23-27-44(28-24-38)65-63-57-21-7-8-22-58(57)64-65)34-43(35-42)48-16-4-6-18-50(48)52-30-26-40(37-54(52)60)56-20-10-12-32-62-56/h1-37H. The fourth-order valence-corrected chi connectivity index (χ4v) is 9.81. The third-order valence-corrected chi connectivity index (χ3v) is 13.1. The van der Waals surface area contributed by atoms with Gasteiger partial charge in [-0.2, -0.15) is 4.80 Å². The first-order chi connectivity index (χ1) is 32.0. The van der Waals surface area contributed by atoms with E-state index in [1.54, 1.807) is 4.80 Å². The Kier molecular flexibility index (Phi) is 10.8. The van der Waals surface area contributed by atoms with Gasteiger partial charge in [-0.1, -0.05) is 165 Å². The van der Waals surface area contributed by atoms with Crippen molar-refractivity contribution in [2.75, 3.05) is 0 Å². The van der Waals surface area contributed by atoms with Crippen molar-refractivity contribution >= 4 is 42.9 Å². The number of halogens is 2. The topological polar surface area (TPSA) is 56.5 Å².